The van der Waals surface area contributed by atoms with Gasteiger partial charge in [0.2, 0.25) is 0 Å². The van der Waals surface area contributed by atoms with Crippen LogP contribution < -0.4 is 5.73 Å². The van der Waals surface area contributed by atoms with Crippen LogP contribution in [0.3, 0.4) is 0 Å². The molecule has 1 rings (SSSR count). The van der Waals surface area contributed by atoms with E-state index in [0.29, 0.717) is 19.2 Å². The Hall–Kier alpha value is -0.910. The molecule has 0 bridgehead atoms. The standard InChI is InChI=1S/C12H24N4O/c1-9(8-17-5)15(3)12(6-13)11-7-14-16(4)10(11)2/h7,9,12H,6,8,13H2,1-5H3. The smallest absolute Gasteiger partial charge is 0.0615 e. The molecule has 2 N–H and O–H groups in total. The maximum Gasteiger partial charge on any atom is 0.0615 e. The molecule has 0 aromatic carbocycles. The highest BCUT2D eigenvalue weighted by Gasteiger charge is 2.23. The number of nitrogens with two attached hydrogens (primary N) is 1. The second kappa shape index (κ2) is 6.14. The summed E-state index contributed by atoms with van der Waals surface area (Å²) in [5.74, 6) is 0. The third kappa shape index (κ3) is 3.06. The molecule has 5 nitrogen and oxygen atoms in total. The van der Waals surface area contributed by atoms with Crippen LogP contribution in [0.15, 0.2) is 6.20 Å². The van der Waals surface area contributed by atoms with Gasteiger partial charge in [0.25, 0.3) is 0 Å². The summed E-state index contributed by atoms with van der Waals surface area (Å²) in [5, 5.41) is 4.28. The zero-order chi connectivity index (χ0) is 13.0. The van der Waals surface area contributed by atoms with E-state index in [4.69, 9.17) is 10.5 Å². The molecule has 1 heterocycles. The number of aromatic nitrogens is 2. The Morgan fingerprint density at radius 2 is 2.24 bits per heavy atom. The van der Waals surface area contributed by atoms with Crippen molar-refractivity contribution in [1.29, 1.82) is 0 Å². The number of aryl methyl sites for hydroxylation is 1. The van der Waals surface area contributed by atoms with E-state index in [1.54, 1.807) is 7.11 Å². The molecule has 0 radical (unpaired) electrons. The molecule has 0 saturated carbocycles. The van der Waals surface area contributed by atoms with Gasteiger partial charge in [-0.15, -0.1) is 0 Å². The van der Waals surface area contributed by atoms with Gasteiger partial charge in [-0.1, -0.05) is 0 Å². The Labute approximate surface area is 104 Å². The third-order valence-corrected chi connectivity index (χ3v) is 3.45. The lowest BCUT2D eigenvalue weighted by Crippen LogP contribution is -2.39. The molecule has 0 amide bonds. The zero-order valence-corrected chi connectivity index (χ0v) is 11.5. The fourth-order valence-electron chi connectivity index (χ4n) is 2.02. The van der Waals surface area contributed by atoms with Crippen molar-refractivity contribution in [2.45, 2.75) is 25.9 Å². The molecule has 17 heavy (non-hydrogen) atoms. The second-order valence-corrected chi connectivity index (χ2v) is 4.53. The lowest BCUT2D eigenvalue weighted by atomic mass is 10.1. The van der Waals surface area contributed by atoms with Crippen LogP contribution in [0.1, 0.15) is 24.2 Å². The highest BCUT2D eigenvalue weighted by molar-refractivity contribution is 5.21. The van der Waals surface area contributed by atoms with Crippen LogP contribution in [0.25, 0.3) is 0 Å². The molecule has 98 valence electrons. The first-order valence-corrected chi connectivity index (χ1v) is 5.92. The summed E-state index contributed by atoms with van der Waals surface area (Å²) in [6, 6.07) is 0.516. The molecule has 2 atom stereocenters. The van der Waals surface area contributed by atoms with E-state index in [2.05, 4.69) is 30.9 Å². The van der Waals surface area contributed by atoms with Gasteiger partial charge >= 0.3 is 0 Å². The minimum atomic E-state index is 0.189. The molecule has 5 heteroatoms. The van der Waals surface area contributed by atoms with Gasteiger partial charge in [0, 0.05) is 38.0 Å². The molecule has 0 aliphatic heterocycles. The topological polar surface area (TPSA) is 56.3 Å². The largest absolute Gasteiger partial charge is 0.383 e. The lowest BCUT2D eigenvalue weighted by Gasteiger charge is -2.32. The van der Waals surface area contributed by atoms with E-state index in [1.807, 2.05) is 17.9 Å². The number of rotatable bonds is 6. The van der Waals surface area contributed by atoms with E-state index < -0.39 is 0 Å². The van der Waals surface area contributed by atoms with Gasteiger partial charge in [0.15, 0.2) is 0 Å². The summed E-state index contributed by atoms with van der Waals surface area (Å²) in [4.78, 5) is 2.24. The minimum absolute atomic E-state index is 0.189. The van der Waals surface area contributed by atoms with Crippen LogP contribution in [-0.2, 0) is 11.8 Å². The average Bonchev–Trinajstić information content (AvgIpc) is 2.62. The minimum Gasteiger partial charge on any atom is -0.383 e. The van der Waals surface area contributed by atoms with Crippen LogP contribution >= 0.6 is 0 Å². The summed E-state index contributed by atoms with van der Waals surface area (Å²) in [6.07, 6.45) is 1.91. The van der Waals surface area contributed by atoms with Gasteiger partial charge in [-0.25, -0.2) is 0 Å². The molecule has 0 saturated heterocycles. The Balaban J connectivity index is 2.87. The molecular weight excluding hydrogens is 216 g/mol. The second-order valence-electron chi connectivity index (χ2n) is 4.53. The first-order chi connectivity index (χ1) is 8.02. The number of ether oxygens (including phenoxy) is 1. The number of methoxy groups -OCH3 is 1. The third-order valence-electron chi connectivity index (χ3n) is 3.45. The lowest BCUT2D eigenvalue weighted by molar-refractivity contribution is 0.0908. The van der Waals surface area contributed by atoms with E-state index in [-0.39, 0.29) is 6.04 Å². The SMILES string of the molecule is COCC(C)N(C)C(CN)c1cnn(C)c1C. The highest BCUT2D eigenvalue weighted by atomic mass is 16.5. The summed E-state index contributed by atoms with van der Waals surface area (Å²) >= 11 is 0. The van der Waals surface area contributed by atoms with Crippen LogP contribution in [0.5, 0.6) is 0 Å². The van der Waals surface area contributed by atoms with Gasteiger partial charge in [-0.2, -0.15) is 5.10 Å². The molecule has 0 aliphatic rings. The molecule has 0 fully saturated rings. The van der Waals surface area contributed by atoms with Crippen LogP contribution in [0, 0.1) is 6.92 Å². The van der Waals surface area contributed by atoms with E-state index in [9.17, 15) is 0 Å². The van der Waals surface area contributed by atoms with Gasteiger partial charge in [-0.3, -0.25) is 9.58 Å². The molecule has 0 spiro atoms. The van der Waals surface area contributed by atoms with E-state index in [0.717, 1.165) is 5.69 Å². The van der Waals surface area contributed by atoms with Crippen molar-refractivity contribution in [2.75, 3.05) is 27.3 Å². The molecule has 2 unspecified atom stereocenters. The van der Waals surface area contributed by atoms with E-state index in [1.165, 1.54) is 5.56 Å². The fourth-order valence-corrected chi connectivity index (χ4v) is 2.02. The Morgan fingerprint density at radius 1 is 1.59 bits per heavy atom. The van der Waals surface area contributed by atoms with Crippen molar-refractivity contribution in [3.05, 3.63) is 17.5 Å². The maximum absolute atomic E-state index is 5.90. The van der Waals surface area contributed by atoms with Crippen molar-refractivity contribution in [2.24, 2.45) is 12.8 Å². The first-order valence-electron chi connectivity index (χ1n) is 5.92. The van der Waals surface area contributed by atoms with Crippen LogP contribution in [0.2, 0.25) is 0 Å². The molecule has 0 aliphatic carbocycles. The van der Waals surface area contributed by atoms with Crippen LogP contribution in [0.4, 0.5) is 0 Å². The van der Waals surface area contributed by atoms with Crippen molar-refractivity contribution in [1.82, 2.24) is 14.7 Å². The summed E-state index contributed by atoms with van der Waals surface area (Å²) in [5.41, 5.74) is 8.26. The average molecular weight is 240 g/mol. The quantitative estimate of drug-likeness (QED) is 0.795. The van der Waals surface area contributed by atoms with Crippen molar-refractivity contribution >= 4 is 0 Å². The number of hydrogen-bond donors (Lipinski definition) is 1. The van der Waals surface area contributed by atoms with E-state index >= 15 is 0 Å². The Bertz CT molecular complexity index is 350. The van der Waals surface area contributed by atoms with Crippen molar-refractivity contribution in [3.63, 3.8) is 0 Å². The number of likely N-dealkylation sites (N-methyl/N-ethyl adjacent to an activating group) is 1. The highest BCUT2D eigenvalue weighted by Crippen LogP contribution is 2.23. The number of nitrogens with zero attached hydrogens (tertiary/aromatic N) is 3. The first kappa shape index (κ1) is 14.2. The fraction of sp³-hybridized carbons (Fsp3) is 0.750. The number of hydrogen-bond acceptors (Lipinski definition) is 4. The van der Waals surface area contributed by atoms with Gasteiger partial charge in [0.05, 0.1) is 18.8 Å². The summed E-state index contributed by atoms with van der Waals surface area (Å²) in [6.45, 7) is 5.49. The molecule has 1 aromatic heterocycles. The summed E-state index contributed by atoms with van der Waals surface area (Å²) < 4.78 is 7.07. The predicted octanol–water partition coefficient (Wildman–Crippen LogP) is 0.695. The monoisotopic (exact) mass is 240 g/mol. The van der Waals surface area contributed by atoms with Gasteiger partial charge in [-0.05, 0) is 20.9 Å². The zero-order valence-electron chi connectivity index (χ0n) is 11.5. The molecule has 1 aromatic rings. The Morgan fingerprint density at radius 3 is 2.65 bits per heavy atom. The summed E-state index contributed by atoms with van der Waals surface area (Å²) in [7, 11) is 5.75. The maximum atomic E-state index is 5.90. The molecular formula is C12H24N4O. The van der Waals surface area contributed by atoms with Crippen molar-refractivity contribution in [3.8, 4) is 0 Å². The normalized spacial score (nSPS) is 15.2. The van der Waals surface area contributed by atoms with Gasteiger partial charge < -0.3 is 10.5 Å². The predicted molar refractivity (Wildman–Crippen MR) is 68.8 cm³/mol. The Kier molecular flexibility index (Phi) is 5.11. The van der Waals surface area contributed by atoms with Crippen molar-refractivity contribution < 1.29 is 4.74 Å². The van der Waals surface area contributed by atoms with Crippen LogP contribution in [-0.4, -0.2) is 48.0 Å². The van der Waals surface area contributed by atoms with Gasteiger partial charge in [0.1, 0.15) is 0 Å².